The summed E-state index contributed by atoms with van der Waals surface area (Å²) in [5.74, 6) is -2.13. The van der Waals surface area contributed by atoms with Crippen LogP contribution in [0.1, 0.15) is 27.4 Å². The highest BCUT2D eigenvalue weighted by atomic mass is 79.9. The SMILES string of the molecule is COC(=O)[C@]1(C#N)[C@@H](c2ccc(Br)cc2)[C@@H](C(=O)c2cccc([N+](=O)[O-])c2)N2c3ccccc3C=C[C@@H]21. The van der Waals surface area contributed by atoms with E-state index < -0.39 is 40.1 Å². The fraction of sp³-hybridized carbons (Fsp3) is 0.179. The number of non-ortho nitro benzene ring substituents is 1. The lowest BCUT2D eigenvalue weighted by molar-refractivity contribution is -0.384. The fourth-order valence-electron chi connectivity index (χ4n) is 5.52. The highest BCUT2D eigenvalue weighted by Crippen LogP contribution is 2.56. The molecule has 37 heavy (non-hydrogen) atoms. The predicted molar refractivity (Wildman–Crippen MR) is 140 cm³/mol. The zero-order valence-electron chi connectivity index (χ0n) is 19.6. The summed E-state index contributed by atoms with van der Waals surface area (Å²) in [6.07, 6.45) is 3.60. The van der Waals surface area contributed by atoms with Crippen LogP contribution in [0, 0.1) is 26.9 Å². The van der Waals surface area contributed by atoms with Crippen molar-refractivity contribution in [2.75, 3.05) is 12.0 Å². The number of rotatable bonds is 5. The van der Waals surface area contributed by atoms with E-state index in [9.17, 15) is 25.0 Å². The van der Waals surface area contributed by atoms with Crippen molar-refractivity contribution in [2.24, 2.45) is 5.41 Å². The first-order valence-electron chi connectivity index (χ1n) is 11.4. The maximum absolute atomic E-state index is 14.3. The van der Waals surface area contributed by atoms with Gasteiger partial charge in [-0.15, -0.1) is 0 Å². The Labute approximate surface area is 221 Å². The summed E-state index contributed by atoms with van der Waals surface area (Å²) in [5.41, 5.74) is 0.225. The van der Waals surface area contributed by atoms with Crippen molar-refractivity contribution in [2.45, 2.75) is 18.0 Å². The average molecular weight is 558 g/mol. The van der Waals surface area contributed by atoms with Crippen LogP contribution >= 0.6 is 15.9 Å². The topological polar surface area (TPSA) is 114 Å². The second-order valence-electron chi connectivity index (χ2n) is 8.89. The number of hydrogen-bond donors (Lipinski definition) is 0. The first-order valence-corrected chi connectivity index (χ1v) is 12.2. The van der Waals surface area contributed by atoms with Crippen LogP contribution in [0.25, 0.3) is 6.08 Å². The number of anilines is 1. The molecule has 1 saturated heterocycles. The molecule has 0 aliphatic carbocycles. The van der Waals surface area contributed by atoms with E-state index in [1.54, 1.807) is 35.2 Å². The molecule has 3 aromatic rings. The maximum atomic E-state index is 14.3. The number of ether oxygens (including phenoxy) is 1. The lowest BCUT2D eigenvalue weighted by Gasteiger charge is -2.36. The van der Waals surface area contributed by atoms with Crippen molar-refractivity contribution in [1.82, 2.24) is 0 Å². The Kier molecular flexibility index (Phi) is 6.13. The Morgan fingerprint density at radius 1 is 1.11 bits per heavy atom. The molecule has 2 aliphatic heterocycles. The molecule has 2 heterocycles. The van der Waals surface area contributed by atoms with Crippen molar-refractivity contribution < 1.29 is 19.2 Å². The summed E-state index contributed by atoms with van der Waals surface area (Å²) in [4.78, 5) is 40.5. The minimum atomic E-state index is -1.77. The van der Waals surface area contributed by atoms with Gasteiger partial charge in [0.1, 0.15) is 6.04 Å². The van der Waals surface area contributed by atoms with E-state index in [4.69, 9.17) is 4.74 Å². The summed E-state index contributed by atoms with van der Waals surface area (Å²) in [6.45, 7) is 0. The number of Topliss-reactive ketones (excluding diaryl/α,β-unsaturated/α-hetero) is 1. The van der Waals surface area contributed by atoms with E-state index in [0.29, 0.717) is 11.3 Å². The first kappa shape index (κ1) is 24.4. The third-order valence-corrected chi connectivity index (χ3v) is 7.62. The van der Waals surface area contributed by atoms with Crippen LogP contribution in [-0.4, -0.2) is 35.9 Å². The smallest absolute Gasteiger partial charge is 0.329 e. The molecule has 0 saturated carbocycles. The number of esters is 1. The van der Waals surface area contributed by atoms with E-state index in [1.165, 1.54) is 31.4 Å². The number of carbonyl (C=O) groups excluding carboxylic acids is 2. The molecule has 3 aromatic carbocycles. The Morgan fingerprint density at radius 2 is 1.84 bits per heavy atom. The molecule has 0 N–H and O–H groups in total. The van der Waals surface area contributed by atoms with E-state index in [-0.39, 0.29) is 11.3 Å². The van der Waals surface area contributed by atoms with Gasteiger partial charge in [-0.2, -0.15) is 5.26 Å². The van der Waals surface area contributed by atoms with Gasteiger partial charge >= 0.3 is 5.97 Å². The summed E-state index contributed by atoms with van der Waals surface area (Å²) in [6, 6.07) is 20.4. The van der Waals surface area contributed by atoms with Crippen LogP contribution in [0.3, 0.4) is 0 Å². The Bertz CT molecular complexity index is 1500. The molecule has 0 radical (unpaired) electrons. The fourth-order valence-corrected chi connectivity index (χ4v) is 5.79. The third kappa shape index (κ3) is 3.72. The van der Waals surface area contributed by atoms with Crippen LogP contribution in [0.2, 0.25) is 0 Å². The van der Waals surface area contributed by atoms with E-state index in [2.05, 4.69) is 22.0 Å². The van der Waals surface area contributed by atoms with Gasteiger partial charge in [-0.1, -0.05) is 70.5 Å². The van der Waals surface area contributed by atoms with Gasteiger partial charge in [-0.3, -0.25) is 19.7 Å². The van der Waals surface area contributed by atoms with Crippen LogP contribution in [0.5, 0.6) is 0 Å². The summed E-state index contributed by atoms with van der Waals surface area (Å²) < 4.78 is 5.98. The number of carbonyl (C=O) groups is 2. The van der Waals surface area contributed by atoms with Gasteiger partial charge in [0.15, 0.2) is 11.2 Å². The van der Waals surface area contributed by atoms with Crippen LogP contribution in [-0.2, 0) is 9.53 Å². The number of methoxy groups -OCH3 is 1. The summed E-state index contributed by atoms with van der Waals surface area (Å²) >= 11 is 3.42. The molecular weight excluding hydrogens is 538 g/mol. The molecular formula is C28H20BrN3O5. The standard InChI is InChI=1S/C28H20BrN3O5/c1-37-27(34)28(16-30)23-14-11-17-5-2-3-8-22(17)31(23)25(24(28)18-9-12-20(29)13-10-18)26(33)19-6-4-7-21(15-19)32(35)36/h2-15,23-25H,1H3/t23-,24+,25+,28+/m1/s1. The highest BCUT2D eigenvalue weighted by Gasteiger charge is 2.67. The summed E-state index contributed by atoms with van der Waals surface area (Å²) in [7, 11) is 1.22. The molecule has 0 aromatic heterocycles. The van der Waals surface area contributed by atoms with Crippen molar-refractivity contribution in [3.8, 4) is 6.07 Å². The number of ketones is 1. The number of halogens is 1. The predicted octanol–water partition coefficient (Wildman–Crippen LogP) is 5.29. The number of nitriles is 1. The first-order chi connectivity index (χ1) is 17.8. The lowest BCUT2D eigenvalue weighted by Crippen LogP contribution is -2.46. The number of nitrogens with zero attached hydrogens (tertiary/aromatic N) is 3. The van der Waals surface area contributed by atoms with Gasteiger partial charge < -0.3 is 9.64 Å². The molecule has 4 atom stereocenters. The number of nitro benzene ring substituents is 1. The highest BCUT2D eigenvalue weighted by molar-refractivity contribution is 9.10. The van der Waals surface area contributed by atoms with E-state index in [1.807, 2.05) is 30.3 Å². The van der Waals surface area contributed by atoms with Gasteiger partial charge in [-0.05, 0) is 29.3 Å². The molecule has 0 spiro atoms. The maximum Gasteiger partial charge on any atom is 0.329 e. The second kappa shape index (κ2) is 9.30. The number of fused-ring (bicyclic) bond motifs is 3. The normalized spacial score (nSPS) is 23.5. The Hall–Kier alpha value is -4.29. The molecule has 9 heteroatoms. The zero-order chi connectivity index (χ0) is 26.3. The molecule has 5 rings (SSSR count). The van der Waals surface area contributed by atoms with Crippen molar-refractivity contribution >= 4 is 45.1 Å². The van der Waals surface area contributed by atoms with Gasteiger partial charge in [0, 0.05) is 33.8 Å². The van der Waals surface area contributed by atoms with E-state index in [0.717, 1.165) is 10.0 Å². The largest absolute Gasteiger partial charge is 0.468 e. The van der Waals surface area contributed by atoms with Gasteiger partial charge in [0.2, 0.25) is 0 Å². The lowest BCUT2D eigenvalue weighted by atomic mass is 9.68. The molecule has 1 fully saturated rings. The molecule has 2 aliphatic rings. The minimum absolute atomic E-state index is 0.116. The number of nitro groups is 1. The molecule has 0 bridgehead atoms. The van der Waals surface area contributed by atoms with Crippen LogP contribution < -0.4 is 4.90 Å². The van der Waals surface area contributed by atoms with E-state index >= 15 is 0 Å². The van der Waals surface area contributed by atoms with Gasteiger partial charge in [-0.25, -0.2) is 0 Å². The number of para-hydroxylation sites is 1. The monoisotopic (exact) mass is 557 g/mol. The van der Waals surface area contributed by atoms with Gasteiger partial charge in [0.05, 0.1) is 24.1 Å². The summed E-state index contributed by atoms with van der Waals surface area (Å²) in [5, 5.41) is 22.1. The van der Waals surface area contributed by atoms with Crippen LogP contribution in [0.15, 0.2) is 83.3 Å². The minimum Gasteiger partial charge on any atom is -0.468 e. The van der Waals surface area contributed by atoms with Crippen molar-refractivity contribution in [1.29, 1.82) is 5.26 Å². The van der Waals surface area contributed by atoms with Crippen molar-refractivity contribution in [3.63, 3.8) is 0 Å². The molecule has 0 unspecified atom stereocenters. The van der Waals surface area contributed by atoms with Gasteiger partial charge in [0.25, 0.3) is 5.69 Å². The number of benzene rings is 3. The molecule has 0 amide bonds. The number of hydrogen-bond acceptors (Lipinski definition) is 7. The average Bonchev–Trinajstić information content (AvgIpc) is 3.24. The van der Waals surface area contributed by atoms with Crippen LogP contribution in [0.4, 0.5) is 11.4 Å². The van der Waals surface area contributed by atoms with Crippen molar-refractivity contribution in [3.05, 3.63) is 110 Å². The Morgan fingerprint density at radius 3 is 2.51 bits per heavy atom. The molecule has 8 nitrogen and oxygen atoms in total. The second-order valence-corrected chi connectivity index (χ2v) is 9.80. The quantitative estimate of drug-likeness (QED) is 0.181. The molecule has 184 valence electrons. The Balaban J connectivity index is 1.81. The third-order valence-electron chi connectivity index (χ3n) is 7.09. The zero-order valence-corrected chi connectivity index (χ0v) is 21.2.